The molecule has 7 nitrogen and oxygen atoms in total. The van der Waals surface area contributed by atoms with Gasteiger partial charge in [0.2, 0.25) is 11.8 Å². The van der Waals surface area contributed by atoms with Crippen LogP contribution >= 0.6 is 0 Å². The molecule has 0 saturated carbocycles. The molecule has 5 N–H and O–H groups in total. The Hall–Kier alpha value is -1.63. The van der Waals surface area contributed by atoms with Crippen molar-refractivity contribution in [3.8, 4) is 0 Å². The average Bonchev–Trinajstić information content (AvgIpc) is 2.51. The molecule has 13 heavy (non-hydrogen) atoms. The van der Waals surface area contributed by atoms with Crippen molar-refractivity contribution in [3.05, 3.63) is 5.82 Å². The lowest BCUT2D eigenvalue weighted by atomic mass is 10.4. The summed E-state index contributed by atoms with van der Waals surface area (Å²) in [6, 6.07) is 0. The number of aromatic nitrogens is 3. The van der Waals surface area contributed by atoms with Crippen LogP contribution in [0.1, 0.15) is 10.6 Å². The number of nitrogens with zero attached hydrogens (tertiary/aromatic N) is 3. The highest BCUT2D eigenvalue weighted by molar-refractivity contribution is 5.90. The van der Waals surface area contributed by atoms with E-state index in [9.17, 15) is 4.79 Å². The SMILES string of the molecule is CN(CCN)C(=O)c1nc(N)n[nH]1. The zero-order valence-corrected chi connectivity index (χ0v) is 7.32. The van der Waals surface area contributed by atoms with Crippen LogP contribution in [0.4, 0.5) is 5.95 Å². The number of likely N-dealkylation sites (N-methyl/N-ethyl adjacent to an activating group) is 1. The van der Waals surface area contributed by atoms with E-state index < -0.39 is 0 Å². The number of hydrogen-bond donors (Lipinski definition) is 3. The molecule has 1 rings (SSSR count). The lowest BCUT2D eigenvalue weighted by molar-refractivity contribution is 0.0787. The molecule has 0 spiro atoms. The molecule has 7 heteroatoms. The molecule has 0 aliphatic heterocycles. The Morgan fingerprint density at radius 3 is 2.85 bits per heavy atom. The van der Waals surface area contributed by atoms with E-state index in [0.717, 1.165) is 0 Å². The van der Waals surface area contributed by atoms with Crippen LogP contribution in [-0.2, 0) is 0 Å². The van der Waals surface area contributed by atoms with Crippen molar-refractivity contribution >= 4 is 11.9 Å². The summed E-state index contributed by atoms with van der Waals surface area (Å²) in [5, 5.41) is 5.97. The summed E-state index contributed by atoms with van der Waals surface area (Å²) in [6.45, 7) is 0.880. The molecule has 0 radical (unpaired) electrons. The van der Waals surface area contributed by atoms with E-state index >= 15 is 0 Å². The maximum Gasteiger partial charge on any atom is 0.291 e. The molecule has 1 amide bonds. The topological polar surface area (TPSA) is 114 Å². The Balaban J connectivity index is 2.67. The molecule has 0 aliphatic rings. The minimum absolute atomic E-state index is 0.0597. The van der Waals surface area contributed by atoms with Gasteiger partial charge in [0.1, 0.15) is 0 Å². The minimum Gasteiger partial charge on any atom is -0.366 e. The van der Waals surface area contributed by atoms with Gasteiger partial charge in [0, 0.05) is 20.1 Å². The summed E-state index contributed by atoms with van der Waals surface area (Å²) >= 11 is 0. The van der Waals surface area contributed by atoms with E-state index in [1.54, 1.807) is 7.05 Å². The third-order valence-corrected chi connectivity index (χ3v) is 1.52. The van der Waals surface area contributed by atoms with Crippen molar-refractivity contribution in [1.82, 2.24) is 20.1 Å². The molecule has 0 unspecified atom stereocenters. The highest BCUT2D eigenvalue weighted by Gasteiger charge is 2.14. The van der Waals surface area contributed by atoms with Crippen molar-refractivity contribution in [1.29, 1.82) is 0 Å². The number of rotatable bonds is 3. The van der Waals surface area contributed by atoms with Gasteiger partial charge in [-0.1, -0.05) is 0 Å². The Labute approximate surface area is 75.1 Å². The highest BCUT2D eigenvalue weighted by atomic mass is 16.2. The van der Waals surface area contributed by atoms with E-state index in [1.165, 1.54) is 4.90 Å². The van der Waals surface area contributed by atoms with E-state index in [4.69, 9.17) is 11.5 Å². The Morgan fingerprint density at radius 2 is 2.38 bits per heavy atom. The molecule has 0 atom stereocenters. The van der Waals surface area contributed by atoms with E-state index in [-0.39, 0.29) is 17.7 Å². The fourth-order valence-electron chi connectivity index (χ4n) is 0.846. The molecule has 72 valence electrons. The number of nitrogens with two attached hydrogens (primary N) is 2. The van der Waals surface area contributed by atoms with Crippen molar-refractivity contribution < 1.29 is 4.79 Å². The van der Waals surface area contributed by atoms with Gasteiger partial charge in [0.15, 0.2) is 0 Å². The van der Waals surface area contributed by atoms with Crippen molar-refractivity contribution in [3.63, 3.8) is 0 Å². The van der Waals surface area contributed by atoms with Crippen LogP contribution in [-0.4, -0.2) is 46.1 Å². The van der Waals surface area contributed by atoms with E-state index in [2.05, 4.69) is 15.2 Å². The Kier molecular flexibility index (Phi) is 2.80. The quantitative estimate of drug-likeness (QED) is 0.524. The van der Waals surface area contributed by atoms with Gasteiger partial charge in [-0.2, -0.15) is 4.98 Å². The van der Waals surface area contributed by atoms with Gasteiger partial charge in [-0.25, -0.2) is 0 Å². The standard InChI is InChI=1S/C6H12N6O/c1-12(3-2-7)5(13)4-9-6(8)11-10-4/h2-3,7H2,1H3,(H3,8,9,10,11). The normalized spacial score (nSPS) is 10.0. The van der Waals surface area contributed by atoms with Crippen LogP contribution in [0.15, 0.2) is 0 Å². The van der Waals surface area contributed by atoms with Crippen molar-refractivity contribution in [2.75, 3.05) is 25.9 Å². The maximum atomic E-state index is 11.4. The van der Waals surface area contributed by atoms with Crippen LogP contribution < -0.4 is 11.5 Å². The number of H-pyrrole nitrogens is 1. The molecule has 0 aliphatic carbocycles. The fourth-order valence-corrected chi connectivity index (χ4v) is 0.846. The zero-order valence-electron chi connectivity index (χ0n) is 7.32. The van der Waals surface area contributed by atoms with Gasteiger partial charge < -0.3 is 16.4 Å². The van der Waals surface area contributed by atoms with Gasteiger partial charge in [-0.3, -0.25) is 9.89 Å². The first-order valence-corrected chi connectivity index (χ1v) is 3.78. The fraction of sp³-hybridized carbons (Fsp3) is 0.500. The van der Waals surface area contributed by atoms with E-state index in [1.807, 2.05) is 0 Å². The Bertz CT molecular complexity index is 295. The summed E-state index contributed by atoms with van der Waals surface area (Å²) in [4.78, 5) is 16.6. The zero-order chi connectivity index (χ0) is 9.84. The summed E-state index contributed by atoms with van der Waals surface area (Å²) in [5.74, 6) is -0.0763. The molecule has 1 aromatic rings. The first kappa shape index (κ1) is 9.46. The number of aromatic amines is 1. The smallest absolute Gasteiger partial charge is 0.291 e. The summed E-state index contributed by atoms with van der Waals surface area (Å²) in [6.07, 6.45) is 0. The van der Waals surface area contributed by atoms with Crippen LogP contribution in [0.5, 0.6) is 0 Å². The van der Waals surface area contributed by atoms with Crippen LogP contribution in [0, 0.1) is 0 Å². The predicted molar refractivity (Wildman–Crippen MR) is 46.8 cm³/mol. The number of amides is 1. The molecule has 1 aromatic heterocycles. The molecule has 1 heterocycles. The molecule has 0 aromatic carbocycles. The maximum absolute atomic E-state index is 11.4. The number of nitrogen functional groups attached to an aromatic ring is 1. The second-order valence-corrected chi connectivity index (χ2v) is 2.56. The third-order valence-electron chi connectivity index (χ3n) is 1.52. The molecule has 0 saturated heterocycles. The summed E-state index contributed by atoms with van der Waals surface area (Å²) in [5.41, 5.74) is 10.5. The molecule has 0 fully saturated rings. The van der Waals surface area contributed by atoms with Crippen molar-refractivity contribution in [2.24, 2.45) is 5.73 Å². The van der Waals surface area contributed by atoms with Crippen LogP contribution in [0.25, 0.3) is 0 Å². The van der Waals surface area contributed by atoms with Crippen molar-refractivity contribution in [2.45, 2.75) is 0 Å². The average molecular weight is 184 g/mol. The second kappa shape index (κ2) is 3.85. The van der Waals surface area contributed by atoms with Gasteiger partial charge >= 0.3 is 0 Å². The molecular weight excluding hydrogens is 172 g/mol. The van der Waals surface area contributed by atoms with Crippen LogP contribution in [0.3, 0.4) is 0 Å². The predicted octanol–water partition coefficient (Wildman–Crippen LogP) is -1.58. The van der Waals surface area contributed by atoms with Gasteiger partial charge in [-0.05, 0) is 0 Å². The largest absolute Gasteiger partial charge is 0.366 e. The third kappa shape index (κ3) is 2.15. The lowest BCUT2D eigenvalue weighted by Crippen LogP contribution is -2.32. The monoisotopic (exact) mass is 184 g/mol. The lowest BCUT2D eigenvalue weighted by Gasteiger charge is -2.13. The summed E-state index contributed by atoms with van der Waals surface area (Å²) in [7, 11) is 1.63. The second-order valence-electron chi connectivity index (χ2n) is 2.56. The highest BCUT2D eigenvalue weighted by Crippen LogP contribution is 1.97. The van der Waals surface area contributed by atoms with E-state index in [0.29, 0.717) is 13.1 Å². The van der Waals surface area contributed by atoms with Gasteiger partial charge in [0.05, 0.1) is 0 Å². The first-order valence-electron chi connectivity index (χ1n) is 3.78. The first-order chi connectivity index (χ1) is 6.15. The minimum atomic E-state index is -0.269. The number of carbonyl (C=O) groups excluding carboxylic acids is 1. The van der Waals surface area contributed by atoms with Crippen LogP contribution in [0.2, 0.25) is 0 Å². The number of hydrogen-bond acceptors (Lipinski definition) is 5. The number of carbonyl (C=O) groups is 1. The van der Waals surface area contributed by atoms with Gasteiger partial charge in [0.25, 0.3) is 5.91 Å². The number of anilines is 1. The Morgan fingerprint density at radius 1 is 1.69 bits per heavy atom. The van der Waals surface area contributed by atoms with Gasteiger partial charge in [-0.15, -0.1) is 5.10 Å². The summed E-state index contributed by atoms with van der Waals surface area (Å²) < 4.78 is 0. The molecular formula is C6H12N6O. The number of nitrogens with one attached hydrogen (secondary N) is 1. The molecule has 0 bridgehead atoms.